The predicted octanol–water partition coefficient (Wildman–Crippen LogP) is 0.697. The minimum Gasteiger partial charge on any atom is -0.391 e. The zero-order chi connectivity index (χ0) is 22.8. The van der Waals surface area contributed by atoms with E-state index in [4.69, 9.17) is 23.1 Å². The fourth-order valence-electron chi connectivity index (χ4n) is 3.11. The number of Topliss-reactive ketones (excluding diaryl/α,β-unsaturated/α-hetero) is 1. The molecule has 4 atom stereocenters. The molecule has 0 bridgehead atoms. The van der Waals surface area contributed by atoms with Crippen LogP contribution in [0.15, 0.2) is 24.3 Å². The SMILES string of the molecule is CC(C)C(=O)[C@H](CCN)NC(=O)[C@@H](NC(=O)C(CCN)c1cccc(Cl)c1)C(C)O. The van der Waals surface area contributed by atoms with Crippen molar-refractivity contribution in [3.05, 3.63) is 34.9 Å². The first-order valence-electron chi connectivity index (χ1n) is 10.1. The molecule has 0 saturated heterocycles. The minimum atomic E-state index is -1.24. The summed E-state index contributed by atoms with van der Waals surface area (Å²) >= 11 is 6.03. The van der Waals surface area contributed by atoms with Gasteiger partial charge in [0.05, 0.1) is 18.1 Å². The van der Waals surface area contributed by atoms with Gasteiger partial charge in [0.15, 0.2) is 5.78 Å². The highest BCUT2D eigenvalue weighted by molar-refractivity contribution is 6.30. The van der Waals surface area contributed by atoms with E-state index >= 15 is 0 Å². The number of benzene rings is 1. The van der Waals surface area contributed by atoms with Crippen LogP contribution < -0.4 is 22.1 Å². The molecule has 0 aliphatic heterocycles. The van der Waals surface area contributed by atoms with E-state index < -0.39 is 35.9 Å². The van der Waals surface area contributed by atoms with E-state index in [1.807, 2.05) is 0 Å². The molecule has 0 fully saturated rings. The van der Waals surface area contributed by atoms with Gasteiger partial charge >= 0.3 is 0 Å². The molecule has 0 spiro atoms. The molecule has 0 aliphatic carbocycles. The third-order valence-corrected chi connectivity index (χ3v) is 5.00. The van der Waals surface area contributed by atoms with Gasteiger partial charge in [-0.1, -0.05) is 37.6 Å². The van der Waals surface area contributed by atoms with E-state index in [1.54, 1.807) is 38.1 Å². The van der Waals surface area contributed by atoms with Crippen LogP contribution in [-0.4, -0.2) is 54.0 Å². The monoisotopic (exact) mass is 440 g/mol. The lowest BCUT2D eigenvalue weighted by atomic mass is 9.94. The summed E-state index contributed by atoms with van der Waals surface area (Å²) in [4.78, 5) is 38.1. The summed E-state index contributed by atoms with van der Waals surface area (Å²) < 4.78 is 0. The largest absolute Gasteiger partial charge is 0.391 e. The van der Waals surface area contributed by atoms with Gasteiger partial charge in [0.1, 0.15) is 6.04 Å². The number of hydrogen-bond donors (Lipinski definition) is 5. The predicted molar refractivity (Wildman–Crippen MR) is 117 cm³/mol. The minimum absolute atomic E-state index is 0.163. The van der Waals surface area contributed by atoms with E-state index in [0.29, 0.717) is 17.0 Å². The molecule has 168 valence electrons. The molecule has 1 rings (SSSR count). The van der Waals surface area contributed by atoms with Crippen molar-refractivity contribution in [3.63, 3.8) is 0 Å². The lowest BCUT2D eigenvalue weighted by Gasteiger charge is -2.27. The Kier molecular flexibility index (Phi) is 11.0. The van der Waals surface area contributed by atoms with Crippen molar-refractivity contribution in [1.29, 1.82) is 0 Å². The Morgan fingerprint density at radius 2 is 1.67 bits per heavy atom. The molecular formula is C21H33ClN4O4. The first-order valence-corrected chi connectivity index (χ1v) is 10.5. The number of ketones is 1. The van der Waals surface area contributed by atoms with Crippen molar-refractivity contribution in [2.24, 2.45) is 17.4 Å². The third kappa shape index (κ3) is 7.68. The molecule has 9 heteroatoms. The van der Waals surface area contributed by atoms with Crippen LogP contribution in [0, 0.1) is 5.92 Å². The van der Waals surface area contributed by atoms with Crippen LogP contribution in [-0.2, 0) is 14.4 Å². The van der Waals surface area contributed by atoms with Gasteiger partial charge < -0.3 is 27.2 Å². The summed E-state index contributed by atoms with van der Waals surface area (Å²) in [5, 5.41) is 15.8. The number of nitrogens with one attached hydrogen (secondary N) is 2. The molecule has 7 N–H and O–H groups in total. The van der Waals surface area contributed by atoms with Crippen molar-refractivity contribution in [1.82, 2.24) is 10.6 Å². The Morgan fingerprint density at radius 3 is 2.17 bits per heavy atom. The zero-order valence-corrected chi connectivity index (χ0v) is 18.5. The van der Waals surface area contributed by atoms with Crippen molar-refractivity contribution in [2.75, 3.05) is 13.1 Å². The second-order valence-corrected chi connectivity index (χ2v) is 8.04. The standard InChI is InChI=1S/C21H33ClN4O4/c1-12(2)19(28)17(8-10-24)25-21(30)18(13(3)27)26-20(29)16(7-9-23)14-5-4-6-15(22)11-14/h4-6,11-13,16-18,27H,7-10,23-24H2,1-3H3,(H,25,30)(H,26,29)/t13?,16?,17-,18-/m0/s1. The summed E-state index contributed by atoms with van der Waals surface area (Å²) in [6.07, 6.45) is -0.580. The van der Waals surface area contributed by atoms with Crippen molar-refractivity contribution >= 4 is 29.2 Å². The molecule has 8 nitrogen and oxygen atoms in total. The van der Waals surface area contributed by atoms with Crippen LogP contribution in [0.1, 0.15) is 45.1 Å². The van der Waals surface area contributed by atoms with Gasteiger partial charge in [-0.3, -0.25) is 14.4 Å². The maximum Gasteiger partial charge on any atom is 0.245 e. The summed E-state index contributed by atoms with van der Waals surface area (Å²) in [6, 6.07) is 4.81. The maximum atomic E-state index is 12.9. The average molecular weight is 441 g/mol. The Morgan fingerprint density at radius 1 is 1.03 bits per heavy atom. The average Bonchev–Trinajstić information content (AvgIpc) is 2.68. The van der Waals surface area contributed by atoms with E-state index in [9.17, 15) is 19.5 Å². The van der Waals surface area contributed by atoms with Crippen LogP contribution in [0.4, 0.5) is 0 Å². The number of carbonyl (C=O) groups is 3. The van der Waals surface area contributed by atoms with Crippen molar-refractivity contribution in [3.8, 4) is 0 Å². The third-order valence-electron chi connectivity index (χ3n) is 4.77. The van der Waals surface area contributed by atoms with Gasteiger partial charge in [-0.2, -0.15) is 0 Å². The molecule has 2 unspecified atom stereocenters. The van der Waals surface area contributed by atoms with Crippen LogP contribution in [0.3, 0.4) is 0 Å². The second kappa shape index (κ2) is 12.6. The number of rotatable bonds is 12. The lowest BCUT2D eigenvalue weighted by Crippen LogP contribution is -2.57. The summed E-state index contributed by atoms with van der Waals surface area (Å²) in [5.41, 5.74) is 11.9. The van der Waals surface area contributed by atoms with E-state index in [-0.39, 0.29) is 31.2 Å². The number of hydrogen-bond acceptors (Lipinski definition) is 6. The van der Waals surface area contributed by atoms with Gasteiger partial charge in [-0.05, 0) is 50.6 Å². The molecule has 0 heterocycles. The topological polar surface area (TPSA) is 148 Å². The molecule has 1 aromatic rings. The fourth-order valence-corrected chi connectivity index (χ4v) is 3.31. The van der Waals surface area contributed by atoms with Gasteiger partial charge in [0.25, 0.3) is 0 Å². The van der Waals surface area contributed by atoms with Crippen molar-refractivity contribution < 1.29 is 19.5 Å². The number of aliphatic hydroxyl groups is 1. The number of nitrogens with two attached hydrogens (primary N) is 2. The summed E-state index contributed by atoms with van der Waals surface area (Å²) in [7, 11) is 0. The summed E-state index contributed by atoms with van der Waals surface area (Å²) in [6.45, 7) is 5.31. The van der Waals surface area contributed by atoms with Crippen LogP contribution in [0.5, 0.6) is 0 Å². The molecule has 1 aromatic carbocycles. The molecule has 30 heavy (non-hydrogen) atoms. The van der Waals surface area contributed by atoms with Crippen LogP contribution in [0.2, 0.25) is 5.02 Å². The molecule has 0 aliphatic rings. The normalized spacial score (nSPS) is 15.2. The smallest absolute Gasteiger partial charge is 0.245 e. The van der Waals surface area contributed by atoms with Gasteiger partial charge in [0, 0.05) is 10.9 Å². The highest BCUT2D eigenvalue weighted by atomic mass is 35.5. The highest BCUT2D eigenvalue weighted by Crippen LogP contribution is 2.23. The second-order valence-electron chi connectivity index (χ2n) is 7.61. The fraction of sp³-hybridized carbons (Fsp3) is 0.571. The maximum absolute atomic E-state index is 12.9. The quantitative estimate of drug-likeness (QED) is 0.323. The Balaban J connectivity index is 3.01. The highest BCUT2D eigenvalue weighted by Gasteiger charge is 2.32. The van der Waals surface area contributed by atoms with Crippen molar-refractivity contribution in [2.45, 2.75) is 57.7 Å². The Hall–Kier alpha value is -2.00. The molecule has 2 amide bonds. The number of halogens is 1. The molecule has 0 aromatic heterocycles. The van der Waals surface area contributed by atoms with Gasteiger partial charge in [-0.25, -0.2) is 0 Å². The molecular weight excluding hydrogens is 408 g/mol. The van der Waals surface area contributed by atoms with Crippen LogP contribution >= 0.6 is 11.6 Å². The summed E-state index contributed by atoms with van der Waals surface area (Å²) in [5.74, 6) is -2.21. The van der Waals surface area contributed by atoms with E-state index in [2.05, 4.69) is 10.6 Å². The molecule has 0 saturated carbocycles. The first kappa shape index (κ1) is 26.0. The molecule has 0 radical (unpaired) electrons. The number of amides is 2. The Bertz CT molecular complexity index is 727. The van der Waals surface area contributed by atoms with Gasteiger partial charge in [0.2, 0.25) is 11.8 Å². The van der Waals surface area contributed by atoms with Crippen LogP contribution in [0.25, 0.3) is 0 Å². The number of carbonyl (C=O) groups excluding carboxylic acids is 3. The Labute approximate surface area is 182 Å². The zero-order valence-electron chi connectivity index (χ0n) is 17.7. The lowest BCUT2D eigenvalue weighted by molar-refractivity contribution is -0.135. The number of aliphatic hydroxyl groups excluding tert-OH is 1. The van der Waals surface area contributed by atoms with E-state index in [1.165, 1.54) is 6.92 Å². The first-order chi connectivity index (χ1) is 14.1. The van der Waals surface area contributed by atoms with E-state index in [0.717, 1.165) is 0 Å². The van der Waals surface area contributed by atoms with Gasteiger partial charge in [-0.15, -0.1) is 0 Å².